The molecular weight excluding hydrogens is 476 g/mol. The molecule has 0 saturated heterocycles. The first-order chi connectivity index (χ1) is 18.6. The van der Waals surface area contributed by atoms with Crippen LogP contribution in [0.1, 0.15) is 24.5 Å². The molecule has 2 amide bonds. The Morgan fingerprint density at radius 3 is 2.37 bits per heavy atom. The smallest absolute Gasteiger partial charge is 0.261 e. The standard InChI is InChI=1S/C32H34N2O4/c1-3-19-33-32(36)29(21-24-11-5-4-6-12-24)34(22-25-13-9-16-27(20-25)37-2)31(35)23-38-30-18-10-15-26-14-7-8-17-28(26)30/h4-18,20,29H,3,19,21-23H2,1-2H3,(H,33,36)/t29-/m1/s1. The van der Waals surface area contributed by atoms with Gasteiger partial charge in [0.05, 0.1) is 7.11 Å². The van der Waals surface area contributed by atoms with Crippen molar-refractivity contribution < 1.29 is 19.1 Å². The maximum absolute atomic E-state index is 13.8. The van der Waals surface area contributed by atoms with E-state index in [1.165, 1.54) is 0 Å². The molecule has 4 aromatic rings. The number of rotatable bonds is 12. The highest BCUT2D eigenvalue weighted by Gasteiger charge is 2.30. The summed E-state index contributed by atoms with van der Waals surface area (Å²) in [6.07, 6.45) is 1.19. The topological polar surface area (TPSA) is 67.9 Å². The normalized spacial score (nSPS) is 11.5. The zero-order valence-electron chi connectivity index (χ0n) is 21.9. The molecule has 0 bridgehead atoms. The lowest BCUT2D eigenvalue weighted by Gasteiger charge is -2.31. The lowest BCUT2D eigenvalue weighted by molar-refractivity contribution is -0.142. The van der Waals surface area contributed by atoms with Crippen molar-refractivity contribution in [2.45, 2.75) is 32.4 Å². The average molecular weight is 511 g/mol. The van der Waals surface area contributed by atoms with Crippen LogP contribution in [0.5, 0.6) is 11.5 Å². The summed E-state index contributed by atoms with van der Waals surface area (Å²) in [7, 11) is 1.61. The Kier molecular flexibility index (Phi) is 9.35. The van der Waals surface area contributed by atoms with Crippen molar-refractivity contribution in [1.82, 2.24) is 10.2 Å². The van der Waals surface area contributed by atoms with Crippen LogP contribution < -0.4 is 14.8 Å². The summed E-state index contributed by atoms with van der Waals surface area (Å²) in [6.45, 7) is 2.60. The summed E-state index contributed by atoms with van der Waals surface area (Å²) in [5.41, 5.74) is 1.84. The van der Waals surface area contributed by atoms with Crippen LogP contribution in [-0.4, -0.2) is 43.0 Å². The van der Waals surface area contributed by atoms with Crippen LogP contribution in [-0.2, 0) is 22.6 Å². The van der Waals surface area contributed by atoms with Gasteiger partial charge in [0.25, 0.3) is 5.91 Å². The number of nitrogens with one attached hydrogen (secondary N) is 1. The molecule has 0 heterocycles. The Bertz CT molecular complexity index is 1350. The zero-order valence-corrected chi connectivity index (χ0v) is 21.9. The summed E-state index contributed by atoms with van der Waals surface area (Å²) in [6, 6.07) is 30.3. The molecule has 0 aliphatic rings. The van der Waals surface area contributed by atoms with Gasteiger partial charge in [0, 0.05) is 24.9 Å². The largest absolute Gasteiger partial charge is 0.497 e. The van der Waals surface area contributed by atoms with Gasteiger partial charge in [-0.3, -0.25) is 9.59 Å². The fraction of sp³-hybridized carbons (Fsp3) is 0.250. The lowest BCUT2D eigenvalue weighted by atomic mass is 10.0. The van der Waals surface area contributed by atoms with E-state index >= 15 is 0 Å². The van der Waals surface area contributed by atoms with Gasteiger partial charge in [-0.1, -0.05) is 85.8 Å². The number of ether oxygens (including phenoxy) is 2. The number of nitrogens with zero attached hydrogens (tertiary/aromatic N) is 1. The minimum Gasteiger partial charge on any atom is -0.497 e. The Hall–Kier alpha value is -4.32. The Morgan fingerprint density at radius 2 is 1.58 bits per heavy atom. The fourth-order valence-electron chi connectivity index (χ4n) is 4.43. The quantitative estimate of drug-likeness (QED) is 0.277. The Morgan fingerprint density at radius 1 is 0.868 bits per heavy atom. The van der Waals surface area contributed by atoms with E-state index < -0.39 is 6.04 Å². The highest BCUT2D eigenvalue weighted by atomic mass is 16.5. The Balaban J connectivity index is 1.64. The van der Waals surface area contributed by atoms with Crippen LogP contribution in [0.25, 0.3) is 10.8 Å². The van der Waals surface area contributed by atoms with Crippen molar-refractivity contribution >= 4 is 22.6 Å². The van der Waals surface area contributed by atoms with Crippen LogP contribution >= 0.6 is 0 Å². The molecule has 1 N–H and O–H groups in total. The van der Waals surface area contributed by atoms with Gasteiger partial charge in [0.15, 0.2) is 6.61 Å². The van der Waals surface area contributed by atoms with Crippen molar-refractivity contribution in [2.24, 2.45) is 0 Å². The maximum Gasteiger partial charge on any atom is 0.261 e. The second-order valence-electron chi connectivity index (χ2n) is 9.14. The minimum atomic E-state index is -0.709. The Labute approximate surface area is 224 Å². The van der Waals surface area contributed by atoms with E-state index in [0.717, 1.165) is 28.3 Å². The number of methoxy groups -OCH3 is 1. The molecule has 0 unspecified atom stereocenters. The summed E-state index contributed by atoms with van der Waals surface area (Å²) in [4.78, 5) is 28.9. The van der Waals surface area contributed by atoms with E-state index in [4.69, 9.17) is 9.47 Å². The van der Waals surface area contributed by atoms with E-state index in [1.54, 1.807) is 12.0 Å². The van der Waals surface area contributed by atoms with Crippen LogP contribution in [0, 0.1) is 0 Å². The molecule has 0 saturated carbocycles. The molecule has 0 fully saturated rings. The van der Waals surface area contributed by atoms with E-state index in [-0.39, 0.29) is 25.0 Å². The molecule has 0 aromatic heterocycles. The van der Waals surface area contributed by atoms with Gasteiger partial charge in [-0.05, 0) is 41.1 Å². The summed E-state index contributed by atoms with van der Waals surface area (Å²) >= 11 is 0. The molecular formula is C32H34N2O4. The average Bonchev–Trinajstić information content (AvgIpc) is 2.97. The van der Waals surface area contributed by atoms with Crippen LogP contribution in [0.4, 0.5) is 0 Å². The fourth-order valence-corrected chi connectivity index (χ4v) is 4.43. The molecule has 6 heteroatoms. The van der Waals surface area contributed by atoms with Crippen molar-refractivity contribution in [2.75, 3.05) is 20.3 Å². The van der Waals surface area contributed by atoms with Crippen molar-refractivity contribution in [3.63, 3.8) is 0 Å². The van der Waals surface area contributed by atoms with Gasteiger partial charge in [-0.25, -0.2) is 0 Å². The molecule has 0 spiro atoms. The molecule has 0 radical (unpaired) electrons. The van der Waals surface area contributed by atoms with Gasteiger partial charge >= 0.3 is 0 Å². The molecule has 6 nitrogen and oxygen atoms in total. The van der Waals surface area contributed by atoms with Gasteiger partial charge in [0.2, 0.25) is 5.91 Å². The highest BCUT2D eigenvalue weighted by Crippen LogP contribution is 2.25. The van der Waals surface area contributed by atoms with Crippen LogP contribution in [0.2, 0.25) is 0 Å². The van der Waals surface area contributed by atoms with E-state index in [0.29, 0.717) is 24.5 Å². The van der Waals surface area contributed by atoms with E-state index in [2.05, 4.69) is 5.32 Å². The summed E-state index contributed by atoms with van der Waals surface area (Å²) in [5, 5.41) is 4.96. The van der Waals surface area contributed by atoms with Crippen molar-refractivity contribution in [3.8, 4) is 11.5 Å². The molecule has 0 aliphatic carbocycles. The number of carbonyl (C=O) groups is 2. The third-order valence-electron chi connectivity index (χ3n) is 6.41. The molecule has 38 heavy (non-hydrogen) atoms. The first-order valence-electron chi connectivity index (χ1n) is 12.9. The molecule has 4 rings (SSSR count). The summed E-state index contributed by atoms with van der Waals surface area (Å²) in [5.74, 6) is 0.871. The zero-order chi connectivity index (χ0) is 26.7. The van der Waals surface area contributed by atoms with Gasteiger partial charge < -0.3 is 19.7 Å². The second-order valence-corrected chi connectivity index (χ2v) is 9.14. The lowest BCUT2D eigenvalue weighted by Crippen LogP contribution is -2.51. The number of amides is 2. The number of carbonyl (C=O) groups excluding carboxylic acids is 2. The number of benzene rings is 4. The number of hydrogen-bond acceptors (Lipinski definition) is 4. The number of hydrogen-bond donors (Lipinski definition) is 1. The molecule has 0 aliphatic heterocycles. The highest BCUT2D eigenvalue weighted by molar-refractivity contribution is 5.90. The molecule has 4 aromatic carbocycles. The maximum atomic E-state index is 13.8. The third-order valence-corrected chi connectivity index (χ3v) is 6.41. The first-order valence-corrected chi connectivity index (χ1v) is 12.9. The van der Waals surface area contributed by atoms with Crippen LogP contribution in [0.15, 0.2) is 97.1 Å². The van der Waals surface area contributed by atoms with Gasteiger partial charge in [-0.2, -0.15) is 0 Å². The molecule has 1 atom stereocenters. The minimum absolute atomic E-state index is 0.183. The monoisotopic (exact) mass is 510 g/mol. The van der Waals surface area contributed by atoms with E-state index in [9.17, 15) is 9.59 Å². The predicted octanol–water partition coefficient (Wildman–Crippen LogP) is 5.39. The van der Waals surface area contributed by atoms with Crippen LogP contribution in [0.3, 0.4) is 0 Å². The third kappa shape index (κ3) is 6.91. The van der Waals surface area contributed by atoms with Gasteiger partial charge in [-0.15, -0.1) is 0 Å². The van der Waals surface area contributed by atoms with Gasteiger partial charge in [0.1, 0.15) is 17.5 Å². The van der Waals surface area contributed by atoms with Crippen molar-refractivity contribution in [1.29, 1.82) is 0 Å². The first kappa shape index (κ1) is 26.7. The van der Waals surface area contributed by atoms with Crippen molar-refractivity contribution in [3.05, 3.63) is 108 Å². The summed E-state index contributed by atoms with van der Waals surface area (Å²) < 4.78 is 11.5. The molecule has 196 valence electrons. The van der Waals surface area contributed by atoms with E-state index in [1.807, 2.05) is 104 Å². The predicted molar refractivity (Wildman–Crippen MR) is 150 cm³/mol. The second kappa shape index (κ2) is 13.3. The number of fused-ring (bicyclic) bond motifs is 1. The SMILES string of the molecule is CCCNC(=O)[C@@H](Cc1ccccc1)N(Cc1cccc(OC)c1)C(=O)COc1cccc2ccccc12.